The van der Waals surface area contributed by atoms with Crippen LogP contribution in [0.2, 0.25) is 0 Å². The van der Waals surface area contributed by atoms with Gasteiger partial charge in [0.15, 0.2) is 11.5 Å². The molecular weight excluding hydrogens is 382 g/mol. The molecule has 2 aromatic carbocycles. The average Bonchev–Trinajstić information content (AvgIpc) is 3.29. The minimum atomic E-state index is -0.267. The number of hydrogen-bond acceptors (Lipinski definition) is 4. The average molecular weight is 406 g/mol. The van der Waals surface area contributed by atoms with Gasteiger partial charge in [0, 0.05) is 17.9 Å². The van der Waals surface area contributed by atoms with Crippen LogP contribution in [0, 0.1) is 5.92 Å². The van der Waals surface area contributed by atoms with Gasteiger partial charge in [0.25, 0.3) is 0 Å². The second-order valence-corrected chi connectivity index (χ2v) is 9.78. The fourth-order valence-corrected chi connectivity index (χ4v) is 6.90. The molecule has 4 aliphatic rings. The van der Waals surface area contributed by atoms with Gasteiger partial charge in [-0.2, -0.15) is 0 Å². The molecule has 2 aromatic rings. The zero-order valence-corrected chi connectivity index (χ0v) is 17.0. The maximum absolute atomic E-state index is 13.1. The summed E-state index contributed by atoms with van der Waals surface area (Å²) in [6.07, 6.45) is 3.56. The van der Waals surface area contributed by atoms with E-state index in [-0.39, 0.29) is 23.5 Å². The van der Waals surface area contributed by atoms with Crippen LogP contribution in [0.1, 0.15) is 42.1 Å². The van der Waals surface area contributed by atoms with Crippen molar-refractivity contribution in [3.05, 3.63) is 65.7 Å². The Bertz CT molecular complexity index is 1020. The van der Waals surface area contributed by atoms with Crippen LogP contribution in [0.5, 0.6) is 11.5 Å². The Balaban J connectivity index is 1.53. The summed E-state index contributed by atoms with van der Waals surface area (Å²) in [5, 5.41) is 0.172. The van der Waals surface area contributed by atoms with E-state index >= 15 is 0 Å². The van der Waals surface area contributed by atoms with Crippen LogP contribution in [0.15, 0.2) is 59.5 Å². The van der Waals surface area contributed by atoms with Crippen LogP contribution in [0.3, 0.4) is 0 Å². The topological polar surface area (TPSA) is 38.8 Å². The third-order valence-electron chi connectivity index (χ3n) is 6.97. The number of rotatable bonds is 2. The van der Waals surface area contributed by atoms with E-state index in [4.69, 9.17) is 9.47 Å². The molecule has 0 bridgehead atoms. The number of amides is 1. The maximum atomic E-state index is 13.1. The fraction of sp³-hybridized carbons (Fsp3) is 0.375. The van der Waals surface area contributed by atoms with E-state index in [0.717, 1.165) is 37.3 Å². The van der Waals surface area contributed by atoms with Crippen molar-refractivity contribution in [2.75, 3.05) is 13.3 Å². The van der Waals surface area contributed by atoms with Gasteiger partial charge >= 0.3 is 0 Å². The smallest absolute Gasteiger partial charge is 0.231 e. The lowest BCUT2D eigenvalue weighted by Gasteiger charge is -2.51. The minimum Gasteiger partial charge on any atom is -0.454 e. The molecule has 3 heterocycles. The number of thioether (sulfide) groups is 1. The predicted molar refractivity (Wildman–Crippen MR) is 112 cm³/mol. The van der Waals surface area contributed by atoms with Gasteiger partial charge in [-0.25, -0.2) is 0 Å². The van der Waals surface area contributed by atoms with Crippen molar-refractivity contribution in [1.82, 2.24) is 4.90 Å². The number of benzene rings is 2. The predicted octanol–water partition coefficient (Wildman–Crippen LogP) is 5.05. The molecule has 3 aliphatic heterocycles. The first-order valence-electron chi connectivity index (χ1n) is 10.3. The van der Waals surface area contributed by atoms with Crippen LogP contribution in [0.25, 0.3) is 0 Å². The van der Waals surface area contributed by atoms with Crippen LogP contribution in [-0.2, 0) is 10.3 Å². The van der Waals surface area contributed by atoms with E-state index < -0.39 is 0 Å². The molecule has 1 saturated carbocycles. The fourth-order valence-electron chi connectivity index (χ4n) is 5.71. The highest BCUT2D eigenvalue weighted by Crippen LogP contribution is 2.60. The molecule has 148 valence electrons. The summed E-state index contributed by atoms with van der Waals surface area (Å²) in [6.45, 7) is 5.31. The highest BCUT2D eigenvalue weighted by molar-refractivity contribution is 7.99. The lowest BCUT2D eigenvalue weighted by molar-refractivity contribution is -0.132. The number of fused-ring (bicyclic) bond motifs is 2. The second-order valence-electron chi connectivity index (χ2n) is 8.51. The lowest BCUT2D eigenvalue weighted by atomic mass is 9.65. The normalized spacial score (nSPS) is 29.4. The van der Waals surface area contributed by atoms with E-state index in [1.807, 2.05) is 17.8 Å². The Morgan fingerprint density at radius 1 is 1.14 bits per heavy atom. The molecule has 2 fully saturated rings. The lowest BCUT2D eigenvalue weighted by Crippen LogP contribution is -2.53. The SMILES string of the molecule is C=C1CC[C@@H]2CC(=O)N3C[C@H](Sc4ccccc4)c4cc5c(cc4[C@@]23C1)OCO5. The van der Waals surface area contributed by atoms with Crippen molar-refractivity contribution in [2.24, 2.45) is 5.92 Å². The summed E-state index contributed by atoms with van der Waals surface area (Å²) in [7, 11) is 0. The minimum absolute atomic E-state index is 0.172. The molecule has 0 aromatic heterocycles. The van der Waals surface area contributed by atoms with Crippen molar-refractivity contribution < 1.29 is 14.3 Å². The van der Waals surface area contributed by atoms with E-state index in [1.54, 1.807) is 0 Å². The first-order chi connectivity index (χ1) is 14.1. The molecule has 1 spiro atoms. The molecule has 3 atom stereocenters. The zero-order valence-electron chi connectivity index (χ0n) is 16.2. The molecule has 0 N–H and O–H groups in total. The van der Waals surface area contributed by atoms with Gasteiger partial charge in [-0.15, -0.1) is 11.8 Å². The summed E-state index contributed by atoms with van der Waals surface area (Å²) in [4.78, 5) is 16.5. The van der Waals surface area contributed by atoms with Crippen molar-refractivity contribution >= 4 is 17.7 Å². The second kappa shape index (κ2) is 6.30. The molecule has 6 rings (SSSR count). The quantitative estimate of drug-likeness (QED) is 0.656. The summed E-state index contributed by atoms with van der Waals surface area (Å²) in [5.74, 6) is 2.26. The third kappa shape index (κ3) is 2.49. The van der Waals surface area contributed by atoms with Gasteiger partial charge in [-0.1, -0.05) is 30.4 Å². The van der Waals surface area contributed by atoms with Crippen LogP contribution >= 0.6 is 11.8 Å². The molecule has 0 radical (unpaired) electrons. The van der Waals surface area contributed by atoms with Gasteiger partial charge in [-0.05, 0) is 60.6 Å². The number of carbonyl (C=O) groups is 1. The monoisotopic (exact) mass is 405 g/mol. The van der Waals surface area contributed by atoms with Gasteiger partial charge in [0.05, 0.1) is 10.8 Å². The van der Waals surface area contributed by atoms with E-state index in [1.165, 1.54) is 21.6 Å². The van der Waals surface area contributed by atoms with Crippen LogP contribution in [-0.4, -0.2) is 24.1 Å². The summed E-state index contributed by atoms with van der Waals surface area (Å²) in [6, 6.07) is 14.8. The molecule has 1 saturated heterocycles. The molecule has 1 aliphatic carbocycles. The van der Waals surface area contributed by atoms with Gasteiger partial charge in [-0.3, -0.25) is 4.79 Å². The Kier molecular flexibility index (Phi) is 3.79. The van der Waals surface area contributed by atoms with Crippen molar-refractivity contribution in [1.29, 1.82) is 0 Å². The third-order valence-corrected chi connectivity index (χ3v) is 8.20. The van der Waals surface area contributed by atoms with Crippen LogP contribution < -0.4 is 9.47 Å². The number of hydrogen-bond donors (Lipinski definition) is 0. The standard InChI is InChI=1S/C24H23NO3S/c1-15-7-8-16-9-23(26)25-13-22(29-17-5-3-2-4-6-17)18-10-20-21(28-14-27-20)11-19(18)24(16,25)12-15/h2-6,10-11,16,22H,1,7-9,12-14H2/t16-,22+,24-/m1/s1. The van der Waals surface area contributed by atoms with Crippen molar-refractivity contribution in [3.63, 3.8) is 0 Å². The summed E-state index contributed by atoms with van der Waals surface area (Å²) < 4.78 is 11.5. The van der Waals surface area contributed by atoms with Gasteiger partial charge in [0.1, 0.15) is 0 Å². The highest BCUT2D eigenvalue weighted by Gasteiger charge is 2.59. The summed E-state index contributed by atoms with van der Waals surface area (Å²) in [5.41, 5.74) is 3.52. The van der Waals surface area contributed by atoms with E-state index in [9.17, 15) is 4.79 Å². The Hall–Kier alpha value is -2.40. The molecule has 5 heteroatoms. The molecular formula is C24H23NO3S. The Morgan fingerprint density at radius 2 is 1.93 bits per heavy atom. The van der Waals surface area contributed by atoms with Crippen molar-refractivity contribution in [2.45, 2.75) is 41.4 Å². The highest BCUT2D eigenvalue weighted by atomic mass is 32.2. The molecule has 0 unspecified atom stereocenters. The van der Waals surface area contributed by atoms with Crippen LogP contribution in [0.4, 0.5) is 0 Å². The number of ether oxygens (including phenoxy) is 2. The first-order valence-corrected chi connectivity index (χ1v) is 11.2. The van der Waals surface area contributed by atoms with E-state index in [0.29, 0.717) is 12.3 Å². The first kappa shape index (κ1) is 17.5. The van der Waals surface area contributed by atoms with E-state index in [2.05, 4.69) is 47.9 Å². The molecule has 29 heavy (non-hydrogen) atoms. The molecule has 1 amide bonds. The van der Waals surface area contributed by atoms with Crippen molar-refractivity contribution in [3.8, 4) is 11.5 Å². The zero-order chi connectivity index (χ0) is 19.6. The Morgan fingerprint density at radius 3 is 2.76 bits per heavy atom. The molecule has 4 nitrogen and oxygen atoms in total. The summed E-state index contributed by atoms with van der Waals surface area (Å²) >= 11 is 1.83. The largest absolute Gasteiger partial charge is 0.454 e. The maximum Gasteiger partial charge on any atom is 0.231 e. The van der Waals surface area contributed by atoms with Gasteiger partial charge < -0.3 is 14.4 Å². The number of nitrogens with zero attached hydrogens (tertiary/aromatic N) is 1. The number of carbonyl (C=O) groups excluding carboxylic acids is 1. The van der Waals surface area contributed by atoms with Gasteiger partial charge in [0.2, 0.25) is 12.7 Å². The Labute approximate surface area is 174 Å².